The lowest BCUT2D eigenvalue weighted by Gasteiger charge is -1.96. The molecule has 1 aromatic rings. The minimum atomic E-state index is 0.761. The number of hydrogen-bond acceptors (Lipinski definition) is 2. The standard InChI is InChI=1S/C7H8ClN.CH4O/c1-5-4-6(9)2-3-7(5)8;1-2/h2-4H,9H2,1H3;2H,1H3. The number of hydrogen-bond donors (Lipinski definition) is 2. The van der Waals surface area contributed by atoms with Crippen molar-refractivity contribution >= 4 is 17.3 Å². The predicted molar refractivity (Wildman–Crippen MR) is 48.7 cm³/mol. The molecular weight excluding hydrogens is 162 g/mol. The van der Waals surface area contributed by atoms with Crippen LogP contribution in [0.1, 0.15) is 5.56 Å². The third kappa shape index (κ3) is 3.25. The normalized spacial score (nSPS) is 8.36. The smallest absolute Gasteiger partial charge is 0.0436 e. The minimum Gasteiger partial charge on any atom is -0.400 e. The molecule has 0 unspecified atom stereocenters. The summed E-state index contributed by atoms with van der Waals surface area (Å²) in [7, 11) is 1.00. The van der Waals surface area contributed by atoms with E-state index in [1.54, 1.807) is 12.1 Å². The van der Waals surface area contributed by atoms with Crippen LogP contribution >= 0.6 is 11.6 Å². The van der Waals surface area contributed by atoms with Crippen LogP contribution < -0.4 is 5.73 Å². The second-order valence-corrected chi connectivity index (χ2v) is 2.42. The average molecular weight is 174 g/mol. The summed E-state index contributed by atoms with van der Waals surface area (Å²) in [5.74, 6) is 0. The van der Waals surface area contributed by atoms with Crippen molar-refractivity contribution in [1.82, 2.24) is 0 Å². The molecule has 1 aromatic carbocycles. The molecule has 0 radical (unpaired) electrons. The van der Waals surface area contributed by atoms with Gasteiger partial charge in [-0.25, -0.2) is 0 Å². The first-order chi connectivity index (χ1) is 5.20. The Hall–Kier alpha value is -0.730. The fourth-order valence-electron chi connectivity index (χ4n) is 0.668. The number of anilines is 1. The molecule has 0 atom stereocenters. The van der Waals surface area contributed by atoms with Gasteiger partial charge < -0.3 is 10.8 Å². The summed E-state index contributed by atoms with van der Waals surface area (Å²) >= 11 is 5.73. The molecule has 0 spiro atoms. The van der Waals surface area contributed by atoms with Gasteiger partial charge in [0.2, 0.25) is 0 Å². The van der Waals surface area contributed by atoms with Gasteiger partial charge in [-0.3, -0.25) is 0 Å². The Bertz CT molecular complexity index is 225. The van der Waals surface area contributed by atoms with Gasteiger partial charge in [0.25, 0.3) is 0 Å². The molecule has 0 bridgehead atoms. The number of aryl methyl sites for hydroxylation is 1. The van der Waals surface area contributed by atoms with Gasteiger partial charge >= 0.3 is 0 Å². The van der Waals surface area contributed by atoms with Crippen molar-refractivity contribution in [1.29, 1.82) is 0 Å². The second kappa shape index (κ2) is 4.99. The van der Waals surface area contributed by atoms with Crippen LogP contribution in [0.4, 0.5) is 5.69 Å². The van der Waals surface area contributed by atoms with E-state index < -0.39 is 0 Å². The number of halogens is 1. The number of aliphatic hydroxyl groups is 1. The molecule has 0 aliphatic rings. The first-order valence-corrected chi connectivity index (χ1v) is 3.54. The van der Waals surface area contributed by atoms with Crippen molar-refractivity contribution in [2.24, 2.45) is 0 Å². The van der Waals surface area contributed by atoms with Crippen LogP contribution in [0.3, 0.4) is 0 Å². The summed E-state index contributed by atoms with van der Waals surface area (Å²) in [5.41, 5.74) is 7.25. The van der Waals surface area contributed by atoms with E-state index in [2.05, 4.69) is 0 Å². The molecule has 1 rings (SSSR count). The zero-order chi connectivity index (χ0) is 8.85. The zero-order valence-corrected chi connectivity index (χ0v) is 7.39. The van der Waals surface area contributed by atoms with Crippen LogP contribution in [0, 0.1) is 6.92 Å². The fourth-order valence-corrected chi connectivity index (χ4v) is 0.785. The van der Waals surface area contributed by atoms with E-state index >= 15 is 0 Å². The maximum atomic E-state index is 7.00. The molecule has 0 aromatic heterocycles. The highest BCUT2D eigenvalue weighted by Gasteiger charge is 1.91. The number of benzene rings is 1. The molecule has 3 N–H and O–H groups in total. The van der Waals surface area contributed by atoms with Crippen LogP contribution in [0.5, 0.6) is 0 Å². The highest BCUT2D eigenvalue weighted by atomic mass is 35.5. The molecule has 0 saturated heterocycles. The molecule has 11 heavy (non-hydrogen) atoms. The first kappa shape index (κ1) is 10.3. The summed E-state index contributed by atoms with van der Waals surface area (Å²) in [6.07, 6.45) is 0. The average Bonchev–Trinajstić information content (AvgIpc) is 2.02. The van der Waals surface area contributed by atoms with Gasteiger partial charge in [-0.2, -0.15) is 0 Å². The molecule has 2 nitrogen and oxygen atoms in total. The van der Waals surface area contributed by atoms with Gasteiger partial charge in [-0.05, 0) is 30.7 Å². The Morgan fingerprint density at radius 2 is 1.91 bits per heavy atom. The van der Waals surface area contributed by atoms with Gasteiger partial charge in [0.1, 0.15) is 0 Å². The molecular formula is C8H12ClNO. The molecule has 0 aliphatic heterocycles. The lowest BCUT2D eigenvalue weighted by atomic mass is 10.2. The third-order valence-electron chi connectivity index (χ3n) is 1.18. The van der Waals surface area contributed by atoms with Gasteiger partial charge in [-0.15, -0.1) is 0 Å². The van der Waals surface area contributed by atoms with E-state index in [4.69, 9.17) is 22.4 Å². The maximum Gasteiger partial charge on any atom is 0.0436 e. The Morgan fingerprint density at radius 1 is 1.36 bits per heavy atom. The minimum absolute atomic E-state index is 0.761. The quantitative estimate of drug-likeness (QED) is 0.589. The molecule has 3 heteroatoms. The third-order valence-corrected chi connectivity index (χ3v) is 1.61. The van der Waals surface area contributed by atoms with Gasteiger partial charge in [0.15, 0.2) is 0 Å². The van der Waals surface area contributed by atoms with Crippen molar-refractivity contribution in [3.8, 4) is 0 Å². The van der Waals surface area contributed by atoms with E-state index in [9.17, 15) is 0 Å². The van der Waals surface area contributed by atoms with Crippen molar-refractivity contribution in [3.63, 3.8) is 0 Å². The number of nitrogen functional groups attached to an aromatic ring is 1. The number of aliphatic hydroxyl groups excluding tert-OH is 1. The summed E-state index contributed by atoms with van der Waals surface area (Å²) in [6.45, 7) is 1.93. The number of rotatable bonds is 0. The van der Waals surface area contributed by atoms with E-state index in [0.29, 0.717) is 0 Å². The summed E-state index contributed by atoms with van der Waals surface area (Å²) in [6, 6.07) is 5.43. The molecule has 0 fully saturated rings. The lowest BCUT2D eigenvalue weighted by Crippen LogP contribution is -1.84. The Labute approximate surface area is 71.6 Å². The van der Waals surface area contributed by atoms with Crippen LogP contribution in [-0.2, 0) is 0 Å². The van der Waals surface area contributed by atoms with Crippen molar-refractivity contribution in [3.05, 3.63) is 28.8 Å². The Morgan fingerprint density at radius 3 is 2.27 bits per heavy atom. The van der Waals surface area contributed by atoms with Crippen LogP contribution in [0.15, 0.2) is 18.2 Å². The fraction of sp³-hybridized carbons (Fsp3) is 0.250. The highest BCUT2D eigenvalue weighted by molar-refractivity contribution is 6.31. The van der Waals surface area contributed by atoms with Crippen molar-refractivity contribution in [2.75, 3.05) is 12.8 Å². The van der Waals surface area contributed by atoms with Gasteiger partial charge in [-0.1, -0.05) is 11.6 Å². The number of nitrogens with two attached hydrogens (primary N) is 1. The van der Waals surface area contributed by atoms with E-state index in [-0.39, 0.29) is 0 Å². The van der Waals surface area contributed by atoms with E-state index in [0.717, 1.165) is 23.4 Å². The second-order valence-electron chi connectivity index (χ2n) is 2.01. The van der Waals surface area contributed by atoms with Crippen LogP contribution in [0.2, 0.25) is 5.02 Å². The van der Waals surface area contributed by atoms with Gasteiger partial charge in [0, 0.05) is 17.8 Å². The monoisotopic (exact) mass is 173 g/mol. The summed E-state index contributed by atoms with van der Waals surface area (Å²) < 4.78 is 0. The van der Waals surface area contributed by atoms with E-state index in [1.807, 2.05) is 13.0 Å². The van der Waals surface area contributed by atoms with E-state index in [1.165, 1.54) is 0 Å². The molecule has 62 valence electrons. The predicted octanol–water partition coefficient (Wildman–Crippen LogP) is 1.84. The van der Waals surface area contributed by atoms with Crippen molar-refractivity contribution in [2.45, 2.75) is 6.92 Å². The maximum absolute atomic E-state index is 7.00. The Kier molecular flexibility index (Phi) is 4.66. The molecule has 0 saturated carbocycles. The SMILES string of the molecule is CO.Cc1cc(N)ccc1Cl. The lowest BCUT2D eigenvalue weighted by molar-refractivity contribution is 0.399. The summed E-state index contributed by atoms with van der Waals surface area (Å²) in [4.78, 5) is 0. The molecule has 0 heterocycles. The van der Waals surface area contributed by atoms with Crippen molar-refractivity contribution < 1.29 is 5.11 Å². The Balaban J connectivity index is 0.000000461. The molecule has 0 aliphatic carbocycles. The first-order valence-electron chi connectivity index (χ1n) is 3.16. The highest BCUT2D eigenvalue weighted by Crippen LogP contribution is 2.16. The summed E-state index contributed by atoms with van der Waals surface area (Å²) in [5, 5.41) is 7.77. The van der Waals surface area contributed by atoms with Gasteiger partial charge in [0.05, 0.1) is 0 Å². The zero-order valence-electron chi connectivity index (χ0n) is 6.63. The van der Waals surface area contributed by atoms with Crippen LogP contribution in [0.25, 0.3) is 0 Å². The largest absolute Gasteiger partial charge is 0.400 e. The molecule has 0 amide bonds. The van der Waals surface area contributed by atoms with Crippen LogP contribution in [-0.4, -0.2) is 12.2 Å². The topological polar surface area (TPSA) is 46.2 Å².